The summed E-state index contributed by atoms with van der Waals surface area (Å²) in [6.07, 6.45) is 7.78. The Morgan fingerprint density at radius 2 is 1.08 bits per heavy atom. The van der Waals surface area contributed by atoms with Crippen molar-refractivity contribution in [2.75, 3.05) is 27.3 Å². The Balaban J connectivity index is 0.000000233. The van der Waals surface area contributed by atoms with E-state index >= 15 is 0 Å². The van der Waals surface area contributed by atoms with Crippen LogP contribution in [-0.2, 0) is 55.2 Å². The molecule has 4 saturated carbocycles. The number of benzene rings is 4. The summed E-state index contributed by atoms with van der Waals surface area (Å²) in [4.78, 5) is 115. The number of amides is 4. The van der Waals surface area contributed by atoms with Crippen molar-refractivity contribution < 1.29 is 69.3 Å². The van der Waals surface area contributed by atoms with Crippen molar-refractivity contribution in [2.24, 2.45) is 51.1 Å². The minimum atomic E-state index is -3.85. The zero-order valence-electron chi connectivity index (χ0n) is 66.2. The minimum absolute atomic E-state index is 0. The van der Waals surface area contributed by atoms with Crippen LogP contribution < -0.4 is 34.1 Å². The number of methoxy groups -OCH3 is 2. The van der Waals surface area contributed by atoms with Gasteiger partial charge < -0.3 is 34.5 Å². The SMILES string of the molecule is C=C[C@@H]1C[C@]1(CC(=O)[C@@H]1C[C@@H](Oc2ncc(OC)c3ccc(Cl)cc23)CN1C(=O)[C@@H](CC(N)=S)C(C)(C)C)C(=O)NS(=O)(=O)C1CC1.C=C[C@@H]1C[C@]1(CC(=O)[C@@H]1C[C@@H](Oc2ncc(OC)c3ccc(Cl)cc23)CN1C(=O)[C@@H](Cc1nc(-c2ccccc2)c(C)s1)C(C)(C)C)C(=O)NS(=O)(=O)C1CC1.CC(Br)C(=O)c1ccccc1.Cl.Cl. The van der Waals surface area contributed by atoms with Crippen LogP contribution in [0.3, 0.4) is 0 Å². The van der Waals surface area contributed by atoms with Crippen molar-refractivity contribution in [3.8, 4) is 34.5 Å². The minimum Gasteiger partial charge on any atom is -0.494 e. The molecule has 4 aliphatic carbocycles. The summed E-state index contributed by atoms with van der Waals surface area (Å²) in [5.41, 5.74) is 4.94. The molecule has 4 N–H and O–H groups in total. The predicted molar refractivity (Wildman–Crippen MR) is 464 cm³/mol. The maximum absolute atomic E-state index is 15.0. The molecule has 4 amide bonds. The number of fused-ring (bicyclic) bond motifs is 2. The van der Waals surface area contributed by atoms with Gasteiger partial charge in [0.2, 0.25) is 55.4 Å². The molecule has 0 radical (unpaired) electrons. The highest BCUT2D eigenvalue weighted by molar-refractivity contribution is 9.10. The number of alkyl halides is 1. The number of allylic oxidation sites excluding steroid dienone is 2. The van der Waals surface area contributed by atoms with E-state index in [1.807, 2.05) is 122 Å². The van der Waals surface area contributed by atoms with Gasteiger partial charge in [-0.25, -0.2) is 31.8 Å². The van der Waals surface area contributed by atoms with E-state index in [0.29, 0.717) is 64.4 Å². The fourth-order valence-electron chi connectivity index (χ4n) is 15.2. The van der Waals surface area contributed by atoms with E-state index in [0.717, 1.165) is 37.5 Å². The van der Waals surface area contributed by atoms with E-state index in [1.165, 1.54) is 18.2 Å². The number of halogens is 5. The lowest BCUT2D eigenvalue weighted by Crippen LogP contribution is -2.48. The Bertz CT molecular complexity index is 5140. The van der Waals surface area contributed by atoms with Crippen molar-refractivity contribution in [1.82, 2.24) is 34.2 Å². The first-order valence-corrected chi connectivity index (χ1v) is 43.9. The van der Waals surface area contributed by atoms with Gasteiger partial charge in [-0.15, -0.1) is 49.3 Å². The fraction of sp³-hybridized carbons (Fsp3) is 0.464. The zero-order valence-corrected chi connectivity index (χ0v) is 74.2. The first-order chi connectivity index (χ1) is 53.8. The number of sulfonamides is 2. The van der Waals surface area contributed by atoms with Gasteiger partial charge in [-0.05, 0) is 111 Å². The van der Waals surface area contributed by atoms with Crippen LogP contribution in [0.25, 0.3) is 32.8 Å². The number of aromatic nitrogens is 3. The Morgan fingerprint density at radius 3 is 1.45 bits per heavy atom. The molecular formula is C84H99BrCl4N8O15S4. The van der Waals surface area contributed by atoms with Crippen LogP contribution in [0, 0.1) is 52.3 Å². The first-order valence-electron chi connectivity index (χ1n) is 37.9. The van der Waals surface area contributed by atoms with Crippen molar-refractivity contribution in [3.05, 3.63) is 160 Å². The largest absolute Gasteiger partial charge is 0.494 e. The Hall–Kier alpha value is -7.67. The smallest absolute Gasteiger partial charge is 0.240 e. The monoisotopic (exact) mass is 1810 g/mol. The Kier molecular flexibility index (Phi) is 29.7. The molecule has 23 nitrogen and oxygen atoms in total. The molecule has 0 bridgehead atoms. The first kappa shape index (κ1) is 92.2. The quantitative estimate of drug-likeness (QED) is 0.0170. The number of likely N-dealkylation sites (tertiary alicyclic amines) is 2. The van der Waals surface area contributed by atoms with Gasteiger partial charge >= 0.3 is 0 Å². The van der Waals surface area contributed by atoms with Crippen LogP contribution >= 0.6 is 87.5 Å². The van der Waals surface area contributed by atoms with E-state index in [9.17, 15) is 50.4 Å². The lowest BCUT2D eigenvalue weighted by molar-refractivity contribution is -0.144. The third kappa shape index (κ3) is 21.1. The fourth-order valence-corrected chi connectivity index (χ4v) is 19.7. The van der Waals surface area contributed by atoms with Gasteiger partial charge in [0.1, 0.15) is 23.7 Å². The number of carbonyl (C=O) groups is 7. The molecule has 13 rings (SSSR count). The molecule has 0 spiro atoms. The van der Waals surface area contributed by atoms with Crippen LogP contribution in [0.5, 0.6) is 23.3 Å². The van der Waals surface area contributed by atoms with Gasteiger partial charge in [0.25, 0.3) is 0 Å². The predicted octanol–water partition coefficient (Wildman–Crippen LogP) is 15.2. The Morgan fingerprint density at radius 1 is 0.664 bits per heavy atom. The van der Waals surface area contributed by atoms with Crippen LogP contribution in [0.15, 0.2) is 135 Å². The maximum atomic E-state index is 15.0. The summed E-state index contributed by atoms with van der Waals surface area (Å²) in [6, 6.07) is 27.8. The lowest BCUT2D eigenvalue weighted by atomic mass is 9.77. The van der Waals surface area contributed by atoms with Gasteiger partial charge in [0, 0.05) is 98.0 Å². The molecule has 5 heterocycles. The van der Waals surface area contributed by atoms with Gasteiger partial charge in [-0.1, -0.05) is 166 Å². The summed E-state index contributed by atoms with van der Waals surface area (Å²) in [7, 11) is -4.59. The van der Waals surface area contributed by atoms with Crippen LogP contribution in [0.4, 0.5) is 0 Å². The van der Waals surface area contributed by atoms with Crippen LogP contribution in [0.1, 0.15) is 139 Å². The third-order valence-corrected chi connectivity index (χ3v) is 28.0. The molecule has 4 aromatic carbocycles. The summed E-state index contributed by atoms with van der Waals surface area (Å²) < 4.78 is 79.3. The number of hydrogen-bond donors (Lipinski definition) is 3. The van der Waals surface area contributed by atoms with Gasteiger partial charge in [-0.2, -0.15) is 0 Å². The number of pyridine rings is 2. The number of thiazole rings is 1. The second-order valence-corrected chi connectivity index (χ2v) is 40.6. The molecule has 7 aromatic rings. The topological polar surface area (TPSA) is 320 Å². The van der Waals surface area contributed by atoms with Crippen molar-refractivity contribution in [3.63, 3.8) is 0 Å². The number of ketones is 3. The average molecular weight is 1810 g/mol. The number of aryl methyl sites for hydroxylation is 1. The van der Waals surface area contributed by atoms with Crippen LogP contribution in [0.2, 0.25) is 10.0 Å². The molecule has 1 unspecified atom stereocenters. The standard InChI is InChI=1S/C42H47ClN4O7S2.C33H41ClN4O7S2.C9H9BrO.2ClH/c1-7-26-20-42(26,40(50)46-56(51,52)29-14-15-29)21-34(48)33-18-28(54-38-31-17-27(43)13-16-30(31)35(53-6)22-44-38)23-47(33)39(49)32(41(3,4)5)19-36-45-37(24(2)55-36)25-11-9-8-10-12-25;1-6-18-14-33(18,31(41)37-47(42,43)21-8-9-21)15-26(39)25-12-20(17-38(25)30(40)24(13-28(35)46)32(2,3)4)45-29-23-11-19(34)7-10-22(23)27(44-5)16-36-29;1-7(10)9(11)8-5-3-2-4-6-8;;/h7-13,16-17,22,26,28-29,32-33H,1,14-15,18-21,23H2,2-6H3,(H,46,50);6-7,10-11,16,18,20-21,24-25H,1,8-9,12-15,17H2,2-5H3,(H2,35,46)(H,37,41);2-7H,1H3;2*1H/t26-,28-,32-,33+,42-;18-,20-,24-,25+,33-;;;/m11.../s1. The second kappa shape index (κ2) is 37.3. The highest BCUT2D eigenvalue weighted by Crippen LogP contribution is 2.59. The number of thiocarbonyl (C=S) groups is 1. The molecule has 6 fully saturated rings. The number of nitrogens with zero attached hydrogens (tertiary/aromatic N) is 5. The number of carbonyl (C=O) groups excluding carboxylic acids is 7. The van der Waals surface area contributed by atoms with Gasteiger partial charge in [0.15, 0.2) is 17.3 Å². The highest BCUT2D eigenvalue weighted by atomic mass is 79.9. The Labute approximate surface area is 718 Å². The zero-order chi connectivity index (χ0) is 82.9. The molecule has 11 atom stereocenters. The molecule has 3 aromatic heterocycles. The van der Waals surface area contributed by atoms with E-state index in [-0.39, 0.29) is 145 Å². The molecular weight excluding hydrogens is 1710 g/mol. The molecule has 624 valence electrons. The summed E-state index contributed by atoms with van der Waals surface area (Å²) in [5, 5.41) is 3.24. The van der Waals surface area contributed by atoms with Crippen molar-refractivity contribution in [1.29, 1.82) is 0 Å². The lowest BCUT2D eigenvalue weighted by Gasteiger charge is -2.35. The number of nitrogens with one attached hydrogen (secondary N) is 2. The molecule has 6 aliphatic rings. The van der Waals surface area contributed by atoms with E-state index < -0.39 is 100 Å². The van der Waals surface area contributed by atoms with Crippen molar-refractivity contribution in [2.45, 2.75) is 172 Å². The van der Waals surface area contributed by atoms with Gasteiger partial charge in [-0.3, -0.25) is 43.0 Å². The summed E-state index contributed by atoms with van der Waals surface area (Å²) in [5.74, 6) is -2.86. The van der Waals surface area contributed by atoms with Crippen LogP contribution in [-0.4, -0.2) is 154 Å². The molecule has 2 aliphatic heterocycles. The highest BCUT2D eigenvalue weighted by Gasteiger charge is 2.63. The van der Waals surface area contributed by atoms with E-state index in [1.54, 1.807) is 72.0 Å². The van der Waals surface area contributed by atoms with Crippen molar-refractivity contribution >= 4 is 175 Å². The summed E-state index contributed by atoms with van der Waals surface area (Å²) >= 11 is 22.7. The maximum Gasteiger partial charge on any atom is 0.240 e. The molecule has 116 heavy (non-hydrogen) atoms. The number of nitrogens with two attached hydrogens (primary N) is 1. The summed E-state index contributed by atoms with van der Waals surface area (Å²) in [6.45, 7) is 23.4. The van der Waals surface area contributed by atoms with E-state index in [4.69, 9.17) is 65.1 Å². The molecule has 32 heteroatoms. The van der Waals surface area contributed by atoms with E-state index in [2.05, 4.69) is 48.5 Å². The normalized spacial score (nSPS) is 22.2. The third-order valence-electron chi connectivity index (χ3n) is 22.3. The second-order valence-electron chi connectivity index (χ2n) is 32.6. The number of rotatable bonds is 29. The number of ether oxygens (including phenoxy) is 4. The average Bonchev–Trinajstić information content (AvgIpc) is 1.58. The number of Topliss-reactive ketones (excluding diaryl/α,β-unsaturated/α-hetero) is 3. The number of hydrogen-bond acceptors (Lipinski definition) is 20. The molecule has 2 saturated heterocycles. The van der Waals surface area contributed by atoms with Gasteiger partial charge in [0.05, 0.1) is 93.6 Å².